The number of likely N-dealkylation sites (tertiary alicyclic amines) is 1. The third kappa shape index (κ3) is 2.68. The van der Waals surface area contributed by atoms with Crippen LogP contribution in [0, 0.1) is 20.8 Å². The normalized spacial score (nSPS) is 17.3. The van der Waals surface area contributed by atoms with Crippen LogP contribution in [0.3, 0.4) is 0 Å². The molecule has 0 bridgehead atoms. The van der Waals surface area contributed by atoms with Crippen molar-refractivity contribution in [3.63, 3.8) is 0 Å². The number of carbonyl (C=O) groups excluding carboxylic acids is 1. The van der Waals surface area contributed by atoms with Crippen LogP contribution < -0.4 is 0 Å². The first-order chi connectivity index (χ1) is 11.4. The third-order valence-electron chi connectivity index (χ3n) is 4.63. The molecule has 1 aliphatic heterocycles. The second-order valence-electron chi connectivity index (χ2n) is 6.34. The van der Waals surface area contributed by atoms with E-state index in [1.54, 1.807) is 4.68 Å². The van der Waals surface area contributed by atoms with Gasteiger partial charge in [0.15, 0.2) is 0 Å². The summed E-state index contributed by atoms with van der Waals surface area (Å²) in [5.41, 5.74) is 4.30. The predicted octanol–water partition coefficient (Wildman–Crippen LogP) is 2.49. The molecule has 0 unspecified atom stereocenters. The number of aliphatic carboxylic acids is 1. The van der Waals surface area contributed by atoms with E-state index in [0.29, 0.717) is 24.9 Å². The fraction of sp³-hybridized carbons (Fsp3) is 0.389. The quantitative estimate of drug-likeness (QED) is 0.940. The van der Waals surface area contributed by atoms with Gasteiger partial charge in [-0.15, -0.1) is 0 Å². The molecule has 1 fully saturated rings. The lowest BCUT2D eigenvalue weighted by atomic mass is 10.1. The molecule has 1 saturated heterocycles. The van der Waals surface area contributed by atoms with Gasteiger partial charge in [-0.25, -0.2) is 9.48 Å². The van der Waals surface area contributed by atoms with E-state index in [-0.39, 0.29) is 5.91 Å². The summed E-state index contributed by atoms with van der Waals surface area (Å²) in [6, 6.07) is 5.35. The van der Waals surface area contributed by atoms with Gasteiger partial charge < -0.3 is 10.0 Å². The maximum atomic E-state index is 12.8. The van der Waals surface area contributed by atoms with E-state index >= 15 is 0 Å². The van der Waals surface area contributed by atoms with E-state index in [2.05, 4.69) is 5.10 Å². The molecule has 2 aromatic rings. The molecule has 1 aromatic heterocycles. The number of nitrogens with zero attached hydrogens (tertiary/aromatic N) is 3. The van der Waals surface area contributed by atoms with E-state index in [1.165, 1.54) is 11.1 Å². The van der Waals surface area contributed by atoms with Crippen molar-refractivity contribution in [3.05, 3.63) is 46.8 Å². The zero-order valence-corrected chi connectivity index (χ0v) is 14.1. The van der Waals surface area contributed by atoms with Crippen molar-refractivity contribution in [2.75, 3.05) is 6.54 Å². The highest BCUT2D eigenvalue weighted by Gasteiger charge is 2.35. The lowest BCUT2D eigenvalue weighted by Gasteiger charge is -2.21. The first-order valence-corrected chi connectivity index (χ1v) is 8.06. The molecule has 0 aliphatic carbocycles. The summed E-state index contributed by atoms with van der Waals surface area (Å²) >= 11 is 0. The van der Waals surface area contributed by atoms with Gasteiger partial charge in [-0.05, 0) is 50.8 Å². The van der Waals surface area contributed by atoms with Crippen LogP contribution in [-0.2, 0) is 4.79 Å². The second kappa shape index (κ2) is 6.11. The minimum absolute atomic E-state index is 0.256. The van der Waals surface area contributed by atoms with Crippen LogP contribution in [0.25, 0.3) is 5.69 Å². The van der Waals surface area contributed by atoms with E-state index in [1.807, 2.05) is 39.0 Å². The molecule has 1 aromatic carbocycles. The van der Waals surface area contributed by atoms with Gasteiger partial charge in [-0.3, -0.25) is 4.79 Å². The van der Waals surface area contributed by atoms with Crippen LogP contribution in [0.15, 0.2) is 24.4 Å². The van der Waals surface area contributed by atoms with Gasteiger partial charge in [0, 0.05) is 6.54 Å². The maximum Gasteiger partial charge on any atom is 0.326 e. The largest absolute Gasteiger partial charge is 0.480 e. The smallest absolute Gasteiger partial charge is 0.326 e. The number of rotatable bonds is 3. The first kappa shape index (κ1) is 16.2. The van der Waals surface area contributed by atoms with E-state index in [0.717, 1.165) is 22.5 Å². The topological polar surface area (TPSA) is 75.4 Å². The molecule has 126 valence electrons. The van der Waals surface area contributed by atoms with E-state index in [9.17, 15) is 14.7 Å². The zero-order chi connectivity index (χ0) is 17.4. The van der Waals surface area contributed by atoms with Gasteiger partial charge >= 0.3 is 5.97 Å². The molecule has 6 heteroatoms. The molecule has 1 amide bonds. The molecule has 3 rings (SSSR count). The predicted molar refractivity (Wildman–Crippen MR) is 89.5 cm³/mol. The number of aryl methyl sites for hydroxylation is 2. The monoisotopic (exact) mass is 327 g/mol. The number of aromatic nitrogens is 2. The van der Waals surface area contributed by atoms with Gasteiger partial charge in [0.05, 0.1) is 23.1 Å². The summed E-state index contributed by atoms with van der Waals surface area (Å²) in [4.78, 5) is 25.6. The maximum absolute atomic E-state index is 12.8. The number of carboxylic acid groups (broad SMARTS) is 1. The highest BCUT2D eigenvalue weighted by molar-refractivity contribution is 5.97. The molecule has 2 heterocycles. The van der Waals surface area contributed by atoms with Gasteiger partial charge in [0.2, 0.25) is 0 Å². The minimum atomic E-state index is -0.944. The van der Waals surface area contributed by atoms with Crippen LogP contribution in [0.4, 0.5) is 0 Å². The van der Waals surface area contributed by atoms with Crippen molar-refractivity contribution in [2.45, 2.75) is 39.7 Å². The molecule has 1 atom stereocenters. The average Bonchev–Trinajstić information content (AvgIpc) is 3.16. The Bertz CT molecular complexity index is 810. The molecule has 6 nitrogen and oxygen atoms in total. The third-order valence-corrected chi connectivity index (χ3v) is 4.63. The summed E-state index contributed by atoms with van der Waals surface area (Å²) in [6.45, 7) is 6.32. The molecule has 1 N–H and O–H groups in total. The molecule has 0 radical (unpaired) electrons. The van der Waals surface area contributed by atoms with Crippen molar-refractivity contribution in [1.29, 1.82) is 0 Å². The van der Waals surface area contributed by atoms with Crippen LogP contribution in [0.2, 0.25) is 0 Å². The van der Waals surface area contributed by atoms with Gasteiger partial charge in [0.1, 0.15) is 6.04 Å². The molecular weight excluding hydrogens is 306 g/mol. The summed E-state index contributed by atoms with van der Waals surface area (Å²) in [5, 5.41) is 13.7. The first-order valence-electron chi connectivity index (χ1n) is 8.06. The molecule has 24 heavy (non-hydrogen) atoms. The fourth-order valence-electron chi connectivity index (χ4n) is 3.23. The Labute approximate surface area is 140 Å². The van der Waals surface area contributed by atoms with Crippen molar-refractivity contribution in [1.82, 2.24) is 14.7 Å². The number of hydrogen-bond acceptors (Lipinski definition) is 3. The Hall–Kier alpha value is -2.63. The molecular formula is C18H21N3O3. The molecule has 0 saturated carbocycles. The zero-order valence-electron chi connectivity index (χ0n) is 14.1. The van der Waals surface area contributed by atoms with Crippen molar-refractivity contribution in [2.24, 2.45) is 0 Å². The van der Waals surface area contributed by atoms with Crippen LogP contribution >= 0.6 is 0 Å². The fourth-order valence-corrected chi connectivity index (χ4v) is 3.23. The lowest BCUT2D eigenvalue weighted by Crippen LogP contribution is -2.40. The average molecular weight is 327 g/mol. The Kier molecular flexibility index (Phi) is 4.13. The van der Waals surface area contributed by atoms with E-state index < -0.39 is 12.0 Å². The highest BCUT2D eigenvalue weighted by atomic mass is 16.4. The van der Waals surface area contributed by atoms with Crippen molar-refractivity contribution < 1.29 is 14.7 Å². The van der Waals surface area contributed by atoms with Gasteiger partial charge in [-0.1, -0.05) is 12.1 Å². The number of amides is 1. The Morgan fingerprint density at radius 3 is 2.71 bits per heavy atom. The van der Waals surface area contributed by atoms with Gasteiger partial charge in [-0.2, -0.15) is 5.10 Å². The Morgan fingerprint density at radius 2 is 2.00 bits per heavy atom. The molecule has 0 spiro atoms. The summed E-state index contributed by atoms with van der Waals surface area (Å²) in [6.07, 6.45) is 2.76. The lowest BCUT2D eigenvalue weighted by molar-refractivity contribution is -0.141. The number of carboxylic acids is 1. The van der Waals surface area contributed by atoms with Crippen molar-refractivity contribution >= 4 is 11.9 Å². The Balaban J connectivity index is 1.97. The van der Waals surface area contributed by atoms with Crippen LogP contribution in [0.5, 0.6) is 0 Å². The standard InChI is InChI=1S/C18H21N3O3/c1-11-6-7-12(2)16(9-11)21-13(3)14(10-19-21)17(22)20-8-4-5-15(20)18(23)24/h6-7,9-10,15H,4-5,8H2,1-3H3,(H,23,24)/t15-/m0/s1. The number of benzene rings is 1. The summed E-state index contributed by atoms with van der Waals surface area (Å²) in [5.74, 6) is -1.20. The number of carbonyl (C=O) groups is 2. The van der Waals surface area contributed by atoms with Gasteiger partial charge in [0.25, 0.3) is 5.91 Å². The van der Waals surface area contributed by atoms with Crippen molar-refractivity contribution in [3.8, 4) is 5.69 Å². The van der Waals surface area contributed by atoms with Crippen LogP contribution in [-0.4, -0.2) is 44.3 Å². The summed E-state index contributed by atoms with van der Waals surface area (Å²) < 4.78 is 1.75. The Morgan fingerprint density at radius 1 is 1.25 bits per heavy atom. The summed E-state index contributed by atoms with van der Waals surface area (Å²) in [7, 11) is 0. The molecule has 1 aliphatic rings. The number of hydrogen-bond donors (Lipinski definition) is 1. The minimum Gasteiger partial charge on any atom is -0.480 e. The second-order valence-corrected chi connectivity index (χ2v) is 6.34. The SMILES string of the molecule is Cc1ccc(C)c(-n2ncc(C(=O)N3CCC[C@H]3C(=O)O)c2C)c1. The van der Waals surface area contributed by atoms with E-state index in [4.69, 9.17) is 0 Å². The van der Waals surface area contributed by atoms with Crippen LogP contribution in [0.1, 0.15) is 40.0 Å². The highest BCUT2D eigenvalue weighted by Crippen LogP contribution is 2.24.